The van der Waals surface area contributed by atoms with E-state index in [4.69, 9.17) is 4.74 Å². The summed E-state index contributed by atoms with van der Waals surface area (Å²) in [6, 6.07) is 3.36. The molecule has 0 bridgehead atoms. The fourth-order valence-electron chi connectivity index (χ4n) is 1.48. The predicted molar refractivity (Wildman–Crippen MR) is 71.1 cm³/mol. The Balaban J connectivity index is 3.04. The second kappa shape index (κ2) is 5.72. The molecule has 0 aromatic heterocycles. The van der Waals surface area contributed by atoms with Crippen molar-refractivity contribution < 1.29 is 9.66 Å². The number of nitrogens with zero attached hydrogens (tertiary/aromatic N) is 1. The lowest BCUT2D eigenvalue weighted by Crippen LogP contribution is -2.05. The van der Waals surface area contributed by atoms with Crippen molar-refractivity contribution in [2.45, 2.75) is 13.8 Å². The molecule has 0 saturated carbocycles. The van der Waals surface area contributed by atoms with Crippen LogP contribution in [0.4, 0.5) is 5.69 Å². The Morgan fingerprint density at radius 3 is 2.71 bits per heavy atom. The Morgan fingerprint density at radius 1 is 1.53 bits per heavy atom. The van der Waals surface area contributed by atoms with Crippen LogP contribution in [0.15, 0.2) is 24.3 Å². The summed E-state index contributed by atoms with van der Waals surface area (Å²) in [5.74, 6) is 0.808. The summed E-state index contributed by atoms with van der Waals surface area (Å²) in [5, 5.41) is 10.9. The highest BCUT2D eigenvalue weighted by Gasteiger charge is 2.18. The third kappa shape index (κ3) is 3.49. The highest BCUT2D eigenvalue weighted by atomic mass is 32.1. The second-order valence-electron chi connectivity index (χ2n) is 3.88. The maximum atomic E-state index is 10.9. The van der Waals surface area contributed by atoms with Gasteiger partial charge in [0, 0.05) is 11.8 Å². The number of nitro benzene ring substituents is 1. The minimum atomic E-state index is -0.432. The van der Waals surface area contributed by atoms with Crippen LogP contribution in [0.1, 0.15) is 11.1 Å². The van der Waals surface area contributed by atoms with E-state index in [2.05, 4.69) is 19.2 Å². The van der Waals surface area contributed by atoms with E-state index in [0.717, 1.165) is 16.7 Å². The van der Waals surface area contributed by atoms with Crippen LogP contribution in [-0.2, 0) is 0 Å². The lowest BCUT2D eigenvalue weighted by Gasteiger charge is -2.10. The van der Waals surface area contributed by atoms with Gasteiger partial charge in [-0.15, -0.1) is 0 Å². The van der Waals surface area contributed by atoms with Crippen molar-refractivity contribution in [3.05, 3.63) is 45.5 Å². The zero-order valence-electron chi connectivity index (χ0n) is 9.90. The van der Waals surface area contributed by atoms with Crippen LogP contribution in [0.25, 0.3) is 0 Å². The molecule has 0 atom stereocenters. The van der Waals surface area contributed by atoms with Crippen molar-refractivity contribution in [1.29, 1.82) is 0 Å². The fourth-order valence-corrected chi connectivity index (χ4v) is 1.57. The Bertz CT molecular complexity index is 457. The maximum Gasteiger partial charge on any atom is 0.311 e. The number of hydrogen-bond donors (Lipinski definition) is 1. The van der Waals surface area contributed by atoms with Crippen molar-refractivity contribution in [3.63, 3.8) is 0 Å². The molecule has 0 spiro atoms. The van der Waals surface area contributed by atoms with Gasteiger partial charge in [0.25, 0.3) is 0 Å². The first-order chi connectivity index (χ1) is 7.95. The summed E-state index contributed by atoms with van der Waals surface area (Å²) in [6.07, 6.45) is 0. The lowest BCUT2D eigenvalue weighted by atomic mass is 10.1. The highest BCUT2D eigenvalue weighted by molar-refractivity contribution is 7.80. The summed E-state index contributed by atoms with van der Waals surface area (Å²) in [7, 11) is 0. The number of benzene rings is 1. The maximum absolute atomic E-state index is 10.9. The summed E-state index contributed by atoms with van der Waals surface area (Å²) in [5.41, 5.74) is 2.37. The molecule has 0 fully saturated rings. The average molecular weight is 253 g/mol. The van der Waals surface area contributed by atoms with E-state index in [-0.39, 0.29) is 12.3 Å². The van der Waals surface area contributed by atoms with Crippen molar-refractivity contribution in [3.8, 4) is 5.75 Å². The third-order valence-electron chi connectivity index (χ3n) is 2.24. The van der Waals surface area contributed by atoms with E-state index < -0.39 is 4.92 Å². The molecule has 0 radical (unpaired) electrons. The summed E-state index contributed by atoms with van der Waals surface area (Å²) >= 11 is 4.06. The number of hydrogen-bond acceptors (Lipinski definition) is 4. The van der Waals surface area contributed by atoms with Gasteiger partial charge in [0.15, 0.2) is 5.75 Å². The standard InChI is InChI=1S/C12H15NO3S/c1-8-4-10(3)12(11(5-8)13(14)15)16-6-9(2)7-17/h4-5,17H,2,6-7H2,1,3H3. The zero-order chi connectivity index (χ0) is 13.0. The second-order valence-corrected chi connectivity index (χ2v) is 4.20. The number of rotatable bonds is 5. The molecule has 0 aliphatic rings. The molecule has 17 heavy (non-hydrogen) atoms. The molecule has 0 saturated heterocycles. The third-order valence-corrected chi connectivity index (χ3v) is 2.69. The van der Waals surface area contributed by atoms with Gasteiger partial charge in [-0.05, 0) is 30.5 Å². The molecule has 0 heterocycles. The van der Waals surface area contributed by atoms with Crippen LogP contribution >= 0.6 is 12.6 Å². The topological polar surface area (TPSA) is 52.4 Å². The van der Waals surface area contributed by atoms with Gasteiger partial charge in [-0.25, -0.2) is 0 Å². The van der Waals surface area contributed by atoms with Gasteiger partial charge in [0.1, 0.15) is 6.61 Å². The van der Waals surface area contributed by atoms with Gasteiger partial charge in [-0.2, -0.15) is 12.6 Å². The van der Waals surface area contributed by atoms with Crippen LogP contribution in [0.2, 0.25) is 0 Å². The first kappa shape index (κ1) is 13.6. The fraction of sp³-hybridized carbons (Fsp3) is 0.333. The van der Waals surface area contributed by atoms with Crippen molar-refractivity contribution in [2.75, 3.05) is 12.4 Å². The molecule has 4 nitrogen and oxygen atoms in total. The molecule has 0 amide bonds. The molecule has 0 N–H and O–H groups in total. The summed E-state index contributed by atoms with van der Waals surface area (Å²) in [4.78, 5) is 10.5. The Labute approximate surface area is 106 Å². The molecule has 5 heteroatoms. The quantitative estimate of drug-likeness (QED) is 0.380. The molecular weight excluding hydrogens is 238 g/mol. The van der Waals surface area contributed by atoms with Gasteiger partial charge in [-0.3, -0.25) is 10.1 Å². The van der Waals surface area contributed by atoms with Crippen molar-refractivity contribution in [1.82, 2.24) is 0 Å². The Morgan fingerprint density at radius 2 is 2.18 bits per heavy atom. The molecule has 1 aromatic carbocycles. The van der Waals surface area contributed by atoms with Gasteiger partial charge >= 0.3 is 5.69 Å². The smallest absolute Gasteiger partial charge is 0.311 e. The summed E-state index contributed by atoms with van der Waals surface area (Å²) in [6.45, 7) is 7.59. The van der Waals surface area contributed by atoms with Gasteiger partial charge in [0.05, 0.1) is 4.92 Å². The van der Waals surface area contributed by atoms with E-state index in [1.165, 1.54) is 6.07 Å². The predicted octanol–water partition coefficient (Wildman–Crippen LogP) is 3.08. The van der Waals surface area contributed by atoms with Crippen molar-refractivity contribution >= 4 is 18.3 Å². The van der Waals surface area contributed by atoms with E-state index in [1.807, 2.05) is 13.0 Å². The highest BCUT2D eigenvalue weighted by Crippen LogP contribution is 2.32. The molecular formula is C12H15NO3S. The van der Waals surface area contributed by atoms with Crippen LogP contribution in [0, 0.1) is 24.0 Å². The number of nitro groups is 1. The van der Waals surface area contributed by atoms with Gasteiger partial charge in [-0.1, -0.05) is 12.6 Å². The number of thiol groups is 1. The van der Waals surface area contributed by atoms with Crippen LogP contribution in [0.5, 0.6) is 5.75 Å². The monoisotopic (exact) mass is 253 g/mol. The number of aryl methyl sites for hydroxylation is 2. The van der Waals surface area contributed by atoms with E-state index >= 15 is 0 Å². The SMILES string of the molecule is C=C(CS)COc1c(C)cc(C)cc1[N+](=O)[O-]. The van der Waals surface area contributed by atoms with E-state index in [1.54, 1.807) is 6.92 Å². The number of ether oxygens (including phenoxy) is 1. The minimum Gasteiger partial charge on any atom is -0.482 e. The molecule has 1 aromatic rings. The van der Waals surface area contributed by atoms with Gasteiger partial charge in [0.2, 0.25) is 0 Å². The zero-order valence-corrected chi connectivity index (χ0v) is 10.8. The average Bonchev–Trinajstić information content (AvgIpc) is 2.26. The molecule has 0 unspecified atom stereocenters. The molecule has 0 aliphatic heterocycles. The van der Waals surface area contributed by atoms with E-state index in [0.29, 0.717) is 11.5 Å². The van der Waals surface area contributed by atoms with Crippen LogP contribution < -0.4 is 4.74 Å². The summed E-state index contributed by atoms with van der Waals surface area (Å²) < 4.78 is 5.45. The molecule has 1 rings (SSSR count). The first-order valence-electron chi connectivity index (χ1n) is 5.11. The van der Waals surface area contributed by atoms with Crippen molar-refractivity contribution in [2.24, 2.45) is 0 Å². The lowest BCUT2D eigenvalue weighted by molar-refractivity contribution is -0.385. The minimum absolute atomic E-state index is 0.00513. The van der Waals surface area contributed by atoms with Crippen LogP contribution in [-0.4, -0.2) is 17.3 Å². The van der Waals surface area contributed by atoms with Crippen LogP contribution in [0.3, 0.4) is 0 Å². The Kier molecular flexibility index (Phi) is 4.57. The van der Waals surface area contributed by atoms with Gasteiger partial charge < -0.3 is 4.74 Å². The largest absolute Gasteiger partial charge is 0.482 e. The first-order valence-corrected chi connectivity index (χ1v) is 5.75. The molecule has 0 aliphatic carbocycles. The van der Waals surface area contributed by atoms with E-state index in [9.17, 15) is 10.1 Å². The Hall–Kier alpha value is -1.49. The normalized spacial score (nSPS) is 10.1. The molecule has 92 valence electrons.